The predicted molar refractivity (Wildman–Crippen MR) is 81.9 cm³/mol. The van der Waals surface area contributed by atoms with Gasteiger partial charge < -0.3 is 15.1 Å². The van der Waals surface area contributed by atoms with E-state index in [4.69, 9.17) is 0 Å². The zero-order valence-electron chi connectivity index (χ0n) is 13.5. The highest BCUT2D eigenvalue weighted by Gasteiger charge is 2.30. The third-order valence-corrected chi connectivity index (χ3v) is 4.51. The average Bonchev–Trinajstić information content (AvgIpc) is 2.47. The summed E-state index contributed by atoms with van der Waals surface area (Å²) in [4.78, 5) is 29.9. The van der Waals surface area contributed by atoms with E-state index in [1.165, 1.54) is 0 Å². The van der Waals surface area contributed by atoms with Crippen molar-refractivity contribution < 1.29 is 9.59 Å². The quantitative estimate of drug-likeness (QED) is 0.770. The van der Waals surface area contributed by atoms with E-state index in [9.17, 15) is 9.59 Å². The lowest BCUT2D eigenvalue weighted by atomic mass is 9.93. The normalized spacial score (nSPS) is 27.5. The molecule has 2 aliphatic heterocycles. The van der Waals surface area contributed by atoms with Crippen molar-refractivity contribution in [2.45, 2.75) is 25.8 Å². The number of amides is 2. The van der Waals surface area contributed by atoms with Crippen molar-refractivity contribution in [3.63, 3.8) is 0 Å². The van der Waals surface area contributed by atoms with Crippen molar-refractivity contribution in [2.75, 3.05) is 53.4 Å². The lowest BCUT2D eigenvalue weighted by molar-refractivity contribution is -0.137. The van der Waals surface area contributed by atoms with Crippen LogP contribution in [0.4, 0.5) is 0 Å². The topological polar surface area (TPSA) is 55.9 Å². The zero-order valence-corrected chi connectivity index (χ0v) is 13.5. The molecule has 0 spiro atoms. The summed E-state index contributed by atoms with van der Waals surface area (Å²) in [6.07, 6.45) is 2.10. The lowest BCUT2D eigenvalue weighted by Gasteiger charge is -2.38. The van der Waals surface area contributed by atoms with Crippen LogP contribution in [-0.2, 0) is 9.59 Å². The molecule has 2 amide bonds. The Labute approximate surface area is 127 Å². The second-order valence-electron chi connectivity index (χ2n) is 6.53. The SMILES string of the molecule is CC1CCNC(C(=O)N2CCN(CC(=O)N(C)C)CC2)C1. The van der Waals surface area contributed by atoms with E-state index in [1.54, 1.807) is 19.0 Å². The number of likely N-dealkylation sites (N-methyl/N-ethyl adjacent to an activating group) is 1. The molecular formula is C15H28N4O2. The molecule has 0 aliphatic carbocycles. The lowest BCUT2D eigenvalue weighted by Crippen LogP contribution is -2.56. The molecule has 0 aromatic heterocycles. The van der Waals surface area contributed by atoms with Crippen LogP contribution in [0.5, 0.6) is 0 Å². The Morgan fingerprint density at radius 1 is 1.19 bits per heavy atom. The predicted octanol–water partition coefficient (Wildman–Crippen LogP) is -0.393. The number of carbonyl (C=O) groups excluding carboxylic acids is 2. The van der Waals surface area contributed by atoms with Crippen molar-refractivity contribution >= 4 is 11.8 Å². The number of rotatable bonds is 3. The summed E-state index contributed by atoms with van der Waals surface area (Å²) in [7, 11) is 3.55. The first-order chi connectivity index (χ1) is 9.97. The second-order valence-corrected chi connectivity index (χ2v) is 6.53. The Kier molecular flexibility index (Phi) is 5.58. The molecule has 2 aliphatic rings. The maximum absolute atomic E-state index is 12.5. The van der Waals surface area contributed by atoms with Crippen LogP contribution in [0.2, 0.25) is 0 Å². The van der Waals surface area contributed by atoms with Gasteiger partial charge in [0.2, 0.25) is 11.8 Å². The van der Waals surface area contributed by atoms with Crippen molar-refractivity contribution in [1.82, 2.24) is 20.0 Å². The maximum Gasteiger partial charge on any atom is 0.239 e. The molecule has 6 heteroatoms. The highest BCUT2D eigenvalue weighted by molar-refractivity contribution is 5.82. The number of piperazine rings is 1. The van der Waals surface area contributed by atoms with E-state index in [1.807, 2.05) is 4.90 Å². The Morgan fingerprint density at radius 2 is 1.86 bits per heavy atom. The molecule has 2 saturated heterocycles. The Balaban J connectivity index is 1.78. The van der Waals surface area contributed by atoms with Crippen LogP contribution in [0.3, 0.4) is 0 Å². The van der Waals surface area contributed by atoms with Crippen molar-refractivity contribution in [1.29, 1.82) is 0 Å². The summed E-state index contributed by atoms with van der Waals surface area (Å²) in [5.41, 5.74) is 0. The molecular weight excluding hydrogens is 268 g/mol. The minimum Gasteiger partial charge on any atom is -0.348 e. The zero-order chi connectivity index (χ0) is 15.4. The molecule has 120 valence electrons. The first-order valence-corrected chi connectivity index (χ1v) is 7.92. The standard InChI is InChI=1S/C15H28N4O2/c1-12-4-5-16-13(10-12)15(21)19-8-6-18(7-9-19)11-14(20)17(2)3/h12-13,16H,4-11H2,1-3H3. The van der Waals surface area contributed by atoms with E-state index in [2.05, 4.69) is 17.1 Å². The van der Waals surface area contributed by atoms with E-state index in [0.717, 1.165) is 45.6 Å². The van der Waals surface area contributed by atoms with E-state index >= 15 is 0 Å². The molecule has 1 N–H and O–H groups in total. The smallest absolute Gasteiger partial charge is 0.239 e. The summed E-state index contributed by atoms with van der Waals surface area (Å²) in [5, 5.41) is 3.34. The van der Waals surface area contributed by atoms with Gasteiger partial charge >= 0.3 is 0 Å². The van der Waals surface area contributed by atoms with Gasteiger partial charge in [-0.2, -0.15) is 0 Å². The van der Waals surface area contributed by atoms with Crippen LogP contribution >= 0.6 is 0 Å². The molecule has 6 nitrogen and oxygen atoms in total. The minimum atomic E-state index is -0.0105. The van der Waals surface area contributed by atoms with Gasteiger partial charge in [-0.15, -0.1) is 0 Å². The fourth-order valence-corrected chi connectivity index (χ4v) is 2.98. The van der Waals surface area contributed by atoms with Gasteiger partial charge in [0.25, 0.3) is 0 Å². The number of nitrogens with one attached hydrogen (secondary N) is 1. The molecule has 0 bridgehead atoms. The van der Waals surface area contributed by atoms with Crippen molar-refractivity contribution in [3.8, 4) is 0 Å². The molecule has 2 atom stereocenters. The van der Waals surface area contributed by atoms with Crippen LogP contribution in [0, 0.1) is 5.92 Å². The minimum absolute atomic E-state index is 0.0105. The van der Waals surface area contributed by atoms with Crippen LogP contribution in [0.1, 0.15) is 19.8 Å². The molecule has 0 radical (unpaired) electrons. The van der Waals surface area contributed by atoms with E-state index in [0.29, 0.717) is 12.5 Å². The molecule has 2 heterocycles. The van der Waals surface area contributed by atoms with E-state index < -0.39 is 0 Å². The Morgan fingerprint density at radius 3 is 2.43 bits per heavy atom. The summed E-state index contributed by atoms with van der Waals surface area (Å²) in [6.45, 7) is 6.63. The highest BCUT2D eigenvalue weighted by atomic mass is 16.2. The summed E-state index contributed by atoms with van der Waals surface area (Å²) in [5.74, 6) is 0.983. The number of piperidine rings is 1. The summed E-state index contributed by atoms with van der Waals surface area (Å²) < 4.78 is 0. The first-order valence-electron chi connectivity index (χ1n) is 7.92. The molecule has 0 saturated carbocycles. The largest absolute Gasteiger partial charge is 0.348 e. The molecule has 0 aromatic carbocycles. The third-order valence-electron chi connectivity index (χ3n) is 4.51. The highest BCUT2D eigenvalue weighted by Crippen LogP contribution is 2.17. The number of hydrogen-bond acceptors (Lipinski definition) is 4. The Bertz CT molecular complexity index is 378. The maximum atomic E-state index is 12.5. The van der Waals surface area contributed by atoms with Gasteiger partial charge in [-0.3, -0.25) is 14.5 Å². The fourth-order valence-electron chi connectivity index (χ4n) is 2.98. The van der Waals surface area contributed by atoms with Gasteiger partial charge in [0.1, 0.15) is 0 Å². The van der Waals surface area contributed by atoms with Gasteiger partial charge in [-0.25, -0.2) is 0 Å². The van der Waals surface area contributed by atoms with Crippen LogP contribution in [0.25, 0.3) is 0 Å². The van der Waals surface area contributed by atoms with Crippen molar-refractivity contribution in [2.24, 2.45) is 5.92 Å². The average molecular weight is 296 g/mol. The molecule has 2 unspecified atom stereocenters. The van der Waals surface area contributed by atoms with Crippen LogP contribution in [0.15, 0.2) is 0 Å². The van der Waals surface area contributed by atoms with Gasteiger partial charge in [-0.1, -0.05) is 6.92 Å². The number of hydrogen-bond donors (Lipinski definition) is 1. The number of nitrogens with zero attached hydrogens (tertiary/aromatic N) is 3. The van der Waals surface area contributed by atoms with E-state index in [-0.39, 0.29) is 17.9 Å². The number of carbonyl (C=O) groups is 2. The second kappa shape index (κ2) is 7.22. The van der Waals surface area contributed by atoms with Gasteiger partial charge in [0.05, 0.1) is 12.6 Å². The molecule has 2 fully saturated rings. The van der Waals surface area contributed by atoms with Crippen LogP contribution < -0.4 is 5.32 Å². The van der Waals surface area contributed by atoms with Gasteiger partial charge in [-0.05, 0) is 25.3 Å². The molecule has 2 rings (SSSR count). The third kappa shape index (κ3) is 4.41. The fraction of sp³-hybridized carbons (Fsp3) is 0.867. The molecule has 0 aromatic rings. The Hall–Kier alpha value is -1.14. The van der Waals surface area contributed by atoms with Gasteiger partial charge in [0.15, 0.2) is 0 Å². The van der Waals surface area contributed by atoms with Crippen molar-refractivity contribution in [3.05, 3.63) is 0 Å². The van der Waals surface area contributed by atoms with Crippen LogP contribution in [-0.4, -0.2) is 85.9 Å². The first kappa shape index (κ1) is 16.2. The summed E-state index contributed by atoms with van der Waals surface area (Å²) in [6, 6.07) is -0.0105. The van der Waals surface area contributed by atoms with Gasteiger partial charge in [0, 0.05) is 40.3 Å². The monoisotopic (exact) mass is 296 g/mol. The summed E-state index contributed by atoms with van der Waals surface area (Å²) >= 11 is 0. The molecule has 21 heavy (non-hydrogen) atoms.